The Labute approximate surface area is 360 Å². The second kappa shape index (κ2) is 17.9. The first-order valence-corrected chi connectivity index (χ1v) is 21.1. The monoisotopic (exact) mass is 836 g/mol. The average molecular weight is 837 g/mol. The molecule has 6 aromatic rings. The summed E-state index contributed by atoms with van der Waals surface area (Å²) in [5.74, 6) is 0.977. The standard InChI is InChI=1S/C48H52N8O6/c1-28(2)41(53-47(59)61-4)45(57)55-21-7-11-39(55)44-50-27-38(52-44)35-20-19-33-24-32(17-18-34(33)25-35)30-13-15-31(16-14-30)37-26-49-43(51-37)40-12-8-22-56(40)46(58)42(54-48(60)62-5)36-10-6-9-29(3)23-36/h6,9-10,13-20,23-28,39-42H,7-8,11-12,21-22H2,1-5H3,(H,49,51)(H,50,52)(H,53,59)(H,54,60)/t39-,40-,41-,42+/m0/s1. The van der Waals surface area contributed by atoms with Crippen LogP contribution in [-0.4, -0.2) is 87.1 Å². The summed E-state index contributed by atoms with van der Waals surface area (Å²) in [6.07, 6.45) is 5.53. The van der Waals surface area contributed by atoms with E-state index < -0.39 is 24.3 Å². The quantitative estimate of drug-likeness (QED) is 0.101. The highest BCUT2D eigenvalue weighted by molar-refractivity contribution is 5.91. The lowest BCUT2D eigenvalue weighted by Crippen LogP contribution is -2.51. The second-order valence-electron chi connectivity index (χ2n) is 16.4. The number of hydrogen-bond acceptors (Lipinski definition) is 8. The molecule has 14 nitrogen and oxygen atoms in total. The molecule has 14 heteroatoms. The van der Waals surface area contributed by atoms with E-state index in [1.54, 1.807) is 4.90 Å². The van der Waals surface area contributed by atoms with E-state index in [1.807, 2.05) is 62.3 Å². The fourth-order valence-corrected chi connectivity index (χ4v) is 8.73. The number of imidazole rings is 2. The number of carbonyl (C=O) groups is 4. The first-order chi connectivity index (χ1) is 30.0. The number of ether oxygens (including phenoxy) is 2. The van der Waals surface area contributed by atoms with Crippen molar-refractivity contribution in [2.45, 2.75) is 70.6 Å². The van der Waals surface area contributed by atoms with Crippen LogP contribution in [0.2, 0.25) is 0 Å². The van der Waals surface area contributed by atoms with E-state index in [9.17, 15) is 19.2 Å². The first-order valence-electron chi connectivity index (χ1n) is 21.1. The van der Waals surface area contributed by atoms with Crippen LogP contribution >= 0.6 is 0 Å². The summed E-state index contributed by atoms with van der Waals surface area (Å²) >= 11 is 0. The molecule has 2 aliphatic rings. The molecule has 0 aliphatic carbocycles. The Bertz CT molecular complexity index is 2600. The van der Waals surface area contributed by atoms with Crippen LogP contribution in [0.5, 0.6) is 0 Å². The van der Waals surface area contributed by atoms with Gasteiger partial charge in [-0.15, -0.1) is 0 Å². The average Bonchev–Trinajstić information content (AvgIpc) is 4.14. The summed E-state index contributed by atoms with van der Waals surface area (Å²) in [5.41, 5.74) is 7.52. The molecule has 0 radical (unpaired) electrons. The topological polar surface area (TPSA) is 175 Å². The first kappa shape index (κ1) is 41.8. The molecule has 0 unspecified atom stereocenters. The minimum atomic E-state index is -0.886. The Morgan fingerprint density at radius 1 is 0.661 bits per heavy atom. The summed E-state index contributed by atoms with van der Waals surface area (Å²) in [6.45, 7) is 6.90. The summed E-state index contributed by atoms with van der Waals surface area (Å²) in [6, 6.07) is 26.6. The van der Waals surface area contributed by atoms with Gasteiger partial charge in [0.05, 0.1) is 50.1 Å². The molecule has 2 aromatic heterocycles. The fourth-order valence-electron chi connectivity index (χ4n) is 8.73. The Balaban J connectivity index is 0.944. The van der Waals surface area contributed by atoms with Gasteiger partial charge in [0.15, 0.2) is 0 Å². The number of aromatic nitrogens is 4. The van der Waals surface area contributed by atoms with Crippen LogP contribution in [0.3, 0.4) is 0 Å². The molecule has 62 heavy (non-hydrogen) atoms. The van der Waals surface area contributed by atoms with E-state index in [4.69, 9.17) is 19.4 Å². The molecule has 2 aliphatic heterocycles. The lowest BCUT2D eigenvalue weighted by atomic mass is 9.98. The predicted octanol–water partition coefficient (Wildman–Crippen LogP) is 8.40. The van der Waals surface area contributed by atoms with Gasteiger partial charge in [0.2, 0.25) is 5.91 Å². The highest BCUT2D eigenvalue weighted by Gasteiger charge is 2.39. The van der Waals surface area contributed by atoms with Crippen LogP contribution in [0.1, 0.15) is 80.4 Å². The summed E-state index contributed by atoms with van der Waals surface area (Å²) in [7, 11) is 2.58. The third-order valence-electron chi connectivity index (χ3n) is 12.0. The van der Waals surface area contributed by atoms with Crippen LogP contribution in [0, 0.1) is 12.8 Å². The van der Waals surface area contributed by atoms with E-state index in [1.165, 1.54) is 14.2 Å². The van der Waals surface area contributed by atoms with Crippen molar-refractivity contribution in [3.63, 3.8) is 0 Å². The maximum atomic E-state index is 14.0. The highest BCUT2D eigenvalue weighted by Crippen LogP contribution is 2.36. The minimum Gasteiger partial charge on any atom is -0.453 e. The van der Waals surface area contributed by atoms with Gasteiger partial charge in [-0.25, -0.2) is 19.6 Å². The number of likely N-dealkylation sites (tertiary alicyclic amines) is 2. The van der Waals surface area contributed by atoms with Crippen molar-refractivity contribution in [1.82, 2.24) is 40.4 Å². The Morgan fingerprint density at radius 3 is 1.79 bits per heavy atom. The van der Waals surface area contributed by atoms with Gasteiger partial charge in [0, 0.05) is 18.7 Å². The molecule has 4 heterocycles. The molecule has 4 N–H and O–H groups in total. The van der Waals surface area contributed by atoms with Crippen molar-refractivity contribution in [2.75, 3.05) is 27.3 Å². The lowest BCUT2D eigenvalue weighted by molar-refractivity contribution is -0.135. The molecular formula is C48H52N8O6. The van der Waals surface area contributed by atoms with Crippen LogP contribution in [-0.2, 0) is 19.1 Å². The SMILES string of the molecule is COC(=O)N[C@H](C(=O)N1CCC[C@H]1c1ncc(-c2ccc3cc(-c4ccc(-c5cnc([C@@H]6CCCN6C(=O)[C@H](NC(=O)OC)c6cccc(C)c6)[nH]5)cc4)ccc3c2)[nH]1)C(C)C. The van der Waals surface area contributed by atoms with Crippen LogP contribution in [0.25, 0.3) is 44.4 Å². The number of carbonyl (C=O) groups excluding carboxylic acids is 4. The number of aromatic amines is 2. The van der Waals surface area contributed by atoms with Crippen molar-refractivity contribution in [1.29, 1.82) is 0 Å². The normalized spacial score (nSPS) is 17.3. The fraction of sp³-hybridized carbons (Fsp3) is 0.333. The number of nitrogens with one attached hydrogen (secondary N) is 4. The van der Waals surface area contributed by atoms with Crippen molar-refractivity contribution in [2.24, 2.45) is 5.92 Å². The van der Waals surface area contributed by atoms with E-state index in [-0.39, 0.29) is 29.8 Å². The van der Waals surface area contributed by atoms with Gasteiger partial charge < -0.3 is 39.9 Å². The van der Waals surface area contributed by atoms with Gasteiger partial charge >= 0.3 is 12.2 Å². The smallest absolute Gasteiger partial charge is 0.407 e. The number of amides is 4. The maximum Gasteiger partial charge on any atom is 0.407 e. The van der Waals surface area contributed by atoms with Crippen LogP contribution < -0.4 is 10.6 Å². The molecule has 4 amide bonds. The zero-order valence-corrected chi connectivity index (χ0v) is 35.6. The predicted molar refractivity (Wildman–Crippen MR) is 236 cm³/mol. The largest absolute Gasteiger partial charge is 0.453 e. The molecule has 4 aromatic carbocycles. The third kappa shape index (κ3) is 8.63. The Morgan fingerprint density at radius 2 is 1.19 bits per heavy atom. The molecule has 0 bridgehead atoms. The molecule has 2 fully saturated rings. The zero-order valence-electron chi connectivity index (χ0n) is 35.6. The summed E-state index contributed by atoms with van der Waals surface area (Å²) in [4.78, 5) is 72.0. The molecule has 0 saturated carbocycles. The molecule has 0 spiro atoms. The molecule has 320 valence electrons. The maximum absolute atomic E-state index is 14.0. The van der Waals surface area contributed by atoms with E-state index in [2.05, 4.69) is 81.3 Å². The Hall–Kier alpha value is -6.96. The number of benzene rings is 4. The van der Waals surface area contributed by atoms with E-state index in [0.717, 1.165) is 81.5 Å². The van der Waals surface area contributed by atoms with E-state index in [0.29, 0.717) is 24.5 Å². The number of nitrogens with zero attached hydrogens (tertiary/aromatic N) is 4. The van der Waals surface area contributed by atoms with Crippen LogP contribution in [0.4, 0.5) is 9.59 Å². The van der Waals surface area contributed by atoms with Gasteiger partial charge in [0.25, 0.3) is 5.91 Å². The second-order valence-corrected chi connectivity index (χ2v) is 16.4. The van der Waals surface area contributed by atoms with Crippen molar-refractivity contribution in [3.8, 4) is 33.6 Å². The van der Waals surface area contributed by atoms with Crippen molar-refractivity contribution in [3.05, 3.63) is 120 Å². The number of rotatable bonds is 11. The molecule has 4 atom stereocenters. The number of methoxy groups -OCH3 is 2. The summed E-state index contributed by atoms with van der Waals surface area (Å²) in [5, 5.41) is 7.63. The Kier molecular flexibility index (Phi) is 12.1. The van der Waals surface area contributed by atoms with Gasteiger partial charge in [-0.1, -0.05) is 92.2 Å². The van der Waals surface area contributed by atoms with Gasteiger partial charge in [-0.3, -0.25) is 9.59 Å². The lowest BCUT2D eigenvalue weighted by Gasteiger charge is -2.30. The number of hydrogen-bond donors (Lipinski definition) is 4. The number of aryl methyl sites for hydroxylation is 1. The number of alkyl carbamates (subject to hydrolysis) is 2. The van der Waals surface area contributed by atoms with Crippen LogP contribution in [0.15, 0.2) is 97.3 Å². The molecule has 8 rings (SSSR count). The highest BCUT2D eigenvalue weighted by atomic mass is 16.5. The number of fused-ring (bicyclic) bond motifs is 1. The van der Waals surface area contributed by atoms with Crippen molar-refractivity contribution < 1.29 is 28.7 Å². The molecular weight excluding hydrogens is 785 g/mol. The molecule has 2 saturated heterocycles. The van der Waals surface area contributed by atoms with Crippen molar-refractivity contribution >= 4 is 34.8 Å². The third-order valence-corrected chi connectivity index (χ3v) is 12.0. The van der Waals surface area contributed by atoms with Gasteiger partial charge in [0.1, 0.15) is 23.7 Å². The van der Waals surface area contributed by atoms with Gasteiger partial charge in [-0.2, -0.15) is 0 Å². The van der Waals surface area contributed by atoms with Gasteiger partial charge in [-0.05, 0) is 83.7 Å². The zero-order chi connectivity index (χ0) is 43.5. The minimum absolute atomic E-state index is 0.108. The number of H-pyrrole nitrogens is 2. The van der Waals surface area contributed by atoms with E-state index >= 15 is 0 Å². The summed E-state index contributed by atoms with van der Waals surface area (Å²) < 4.78 is 9.64.